The number of hydrogen-bond acceptors (Lipinski definition) is 5. The van der Waals surface area contributed by atoms with Crippen molar-refractivity contribution in [2.24, 2.45) is 0 Å². The van der Waals surface area contributed by atoms with Gasteiger partial charge in [-0.15, -0.1) is 5.10 Å². The summed E-state index contributed by atoms with van der Waals surface area (Å²) in [4.78, 5) is 4.35. The molecule has 0 saturated heterocycles. The van der Waals surface area contributed by atoms with Gasteiger partial charge in [0.2, 0.25) is 11.9 Å². The normalized spacial score (nSPS) is 19.1. The van der Waals surface area contributed by atoms with E-state index in [0.717, 1.165) is 12.2 Å². The lowest BCUT2D eigenvalue weighted by molar-refractivity contribution is 0.413. The predicted molar refractivity (Wildman–Crippen MR) is 97.7 cm³/mol. The maximum Gasteiger partial charge on any atom is 0.241 e. The minimum Gasteiger partial charge on any atom is -0.497 e. The van der Waals surface area contributed by atoms with Gasteiger partial charge in [-0.25, -0.2) is 4.68 Å². The number of nitrogen functional groups attached to an aromatic ring is 1. The zero-order chi connectivity index (χ0) is 17.4. The summed E-state index contributed by atoms with van der Waals surface area (Å²) in [6.45, 7) is 2.09. The number of benzene rings is 2. The van der Waals surface area contributed by atoms with Crippen molar-refractivity contribution >= 4 is 11.9 Å². The second-order valence-electron chi connectivity index (χ2n) is 6.37. The van der Waals surface area contributed by atoms with Gasteiger partial charge >= 0.3 is 0 Å². The van der Waals surface area contributed by atoms with Crippen LogP contribution in [0, 0.1) is 6.92 Å². The largest absolute Gasteiger partial charge is 0.497 e. The Labute approximate surface area is 146 Å². The van der Waals surface area contributed by atoms with Crippen molar-refractivity contribution in [3.63, 3.8) is 0 Å². The highest BCUT2D eigenvalue weighted by molar-refractivity contribution is 5.42. The number of rotatable bonds is 3. The van der Waals surface area contributed by atoms with Crippen LogP contribution in [0.4, 0.5) is 11.9 Å². The highest BCUT2D eigenvalue weighted by Crippen LogP contribution is 2.38. The number of nitrogens with zero attached hydrogens (tertiary/aromatic N) is 3. The minimum atomic E-state index is 0.0914. The van der Waals surface area contributed by atoms with E-state index in [1.807, 2.05) is 16.8 Å². The number of anilines is 2. The van der Waals surface area contributed by atoms with Crippen LogP contribution in [0.1, 0.15) is 35.2 Å². The Morgan fingerprint density at radius 3 is 2.44 bits per heavy atom. The van der Waals surface area contributed by atoms with Crippen LogP contribution < -0.4 is 15.8 Å². The molecule has 3 aromatic rings. The fourth-order valence-corrected chi connectivity index (χ4v) is 3.31. The number of aryl methyl sites for hydroxylation is 1. The van der Waals surface area contributed by atoms with E-state index < -0.39 is 0 Å². The average Bonchev–Trinajstić information content (AvgIpc) is 3.02. The lowest BCUT2D eigenvalue weighted by Crippen LogP contribution is -2.28. The molecule has 0 spiro atoms. The Morgan fingerprint density at radius 2 is 1.76 bits per heavy atom. The number of nitrogens with two attached hydrogens (primary N) is 1. The lowest BCUT2D eigenvalue weighted by atomic mass is 9.93. The Morgan fingerprint density at radius 1 is 1.08 bits per heavy atom. The quantitative estimate of drug-likeness (QED) is 0.768. The molecule has 0 bridgehead atoms. The van der Waals surface area contributed by atoms with Crippen LogP contribution in [-0.2, 0) is 0 Å². The van der Waals surface area contributed by atoms with Gasteiger partial charge in [-0.3, -0.25) is 0 Å². The molecule has 2 aromatic carbocycles. The van der Waals surface area contributed by atoms with Gasteiger partial charge in [0.15, 0.2) is 0 Å². The standard InChI is InChI=1S/C19H21N5O/c1-12-3-5-14(6-4-12)17-11-16(13-7-9-15(25-2)10-8-13)21-19-22-18(20)23-24(17)19/h3-10,16-17H,11H2,1-2H3,(H3,20,21,22,23)/t16-,17+/m0/s1. The van der Waals surface area contributed by atoms with Gasteiger partial charge in [0, 0.05) is 0 Å². The van der Waals surface area contributed by atoms with Crippen molar-refractivity contribution in [3.05, 3.63) is 65.2 Å². The SMILES string of the molecule is COc1ccc([C@@H]2C[C@H](c3ccc(C)cc3)n3nc(N)nc3N2)cc1. The molecule has 0 radical (unpaired) electrons. The van der Waals surface area contributed by atoms with E-state index in [0.29, 0.717) is 5.95 Å². The first kappa shape index (κ1) is 15.5. The van der Waals surface area contributed by atoms with Crippen LogP contribution in [0.25, 0.3) is 0 Å². The van der Waals surface area contributed by atoms with Gasteiger partial charge in [0.25, 0.3) is 0 Å². The predicted octanol–water partition coefficient (Wildman–Crippen LogP) is 3.32. The van der Waals surface area contributed by atoms with Crippen LogP contribution in [0.2, 0.25) is 0 Å². The Kier molecular flexibility index (Phi) is 3.80. The van der Waals surface area contributed by atoms with Gasteiger partial charge < -0.3 is 15.8 Å². The van der Waals surface area contributed by atoms with Crippen molar-refractivity contribution in [3.8, 4) is 5.75 Å². The van der Waals surface area contributed by atoms with Crippen LogP contribution >= 0.6 is 0 Å². The number of fused-ring (bicyclic) bond motifs is 1. The maximum absolute atomic E-state index is 5.85. The summed E-state index contributed by atoms with van der Waals surface area (Å²) < 4.78 is 7.14. The second-order valence-corrected chi connectivity index (χ2v) is 6.37. The first-order chi connectivity index (χ1) is 12.1. The topological polar surface area (TPSA) is 78.0 Å². The number of methoxy groups -OCH3 is 1. The summed E-state index contributed by atoms with van der Waals surface area (Å²) in [6.07, 6.45) is 0.866. The number of aromatic nitrogens is 3. The summed E-state index contributed by atoms with van der Waals surface area (Å²) in [5.74, 6) is 1.84. The third-order valence-corrected chi connectivity index (χ3v) is 4.69. The highest BCUT2D eigenvalue weighted by Gasteiger charge is 2.30. The molecule has 0 fully saturated rings. The molecule has 0 unspecified atom stereocenters. The van der Waals surface area contributed by atoms with Gasteiger partial charge in [-0.2, -0.15) is 4.98 Å². The minimum absolute atomic E-state index is 0.0914. The summed E-state index contributed by atoms with van der Waals surface area (Å²) in [5.41, 5.74) is 9.48. The first-order valence-electron chi connectivity index (χ1n) is 8.33. The monoisotopic (exact) mass is 335 g/mol. The van der Waals surface area contributed by atoms with E-state index in [1.165, 1.54) is 16.7 Å². The van der Waals surface area contributed by atoms with E-state index in [4.69, 9.17) is 10.5 Å². The summed E-state index contributed by atoms with van der Waals surface area (Å²) >= 11 is 0. The summed E-state index contributed by atoms with van der Waals surface area (Å²) in [5, 5.41) is 7.84. The maximum atomic E-state index is 5.85. The van der Waals surface area contributed by atoms with E-state index in [2.05, 4.69) is 58.7 Å². The molecular formula is C19H21N5O. The van der Waals surface area contributed by atoms with E-state index in [9.17, 15) is 0 Å². The van der Waals surface area contributed by atoms with Crippen molar-refractivity contribution in [2.75, 3.05) is 18.2 Å². The summed E-state index contributed by atoms with van der Waals surface area (Å²) in [6, 6.07) is 16.9. The molecule has 0 amide bonds. The van der Waals surface area contributed by atoms with Gasteiger partial charge in [-0.1, -0.05) is 42.0 Å². The van der Waals surface area contributed by atoms with Crippen molar-refractivity contribution in [1.82, 2.24) is 14.8 Å². The fraction of sp³-hybridized carbons (Fsp3) is 0.263. The molecule has 1 aliphatic rings. The molecule has 2 atom stereocenters. The average molecular weight is 335 g/mol. The summed E-state index contributed by atoms with van der Waals surface area (Å²) in [7, 11) is 1.67. The smallest absolute Gasteiger partial charge is 0.241 e. The Balaban J connectivity index is 1.71. The van der Waals surface area contributed by atoms with Gasteiger partial charge in [-0.05, 0) is 36.6 Å². The number of hydrogen-bond donors (Lipinski definition) is 2. The number of ether oxygens (including phenoxy) is 1. The Bertz CT molecular complexity index is 870. The molecule has 0 aliphatic carbocycles. The molecule has 3 N–H and O–H groups in total. The Hall–Kier alpha value is -3.02. The highest BCUT2D eigenvalue weighted by atomic mass is 16.5. The van der Waals surface area contributed by atoms with Crippen LogP contribution in [0.15, 0.2) is 48.5 Å². The molecule has 128 valence electrons. The fourth-order valence-electron chi connectivity index (χ4n) is 3.31. The van der Waals surface area contributed by atoms with Crippen LogP contribution in [0.3, 0.4) is 0 Å². The third-order valence-electron chi connectivity index (χ3n) is 4.69. The van der Waals surface area contributed by atoms with Crippen LogP contribution in [0.5, 0.6) is 5.75 Å². The molecule has 1 aromatic heterocycles. The molecule has 6 heteroatoms. The molecule has 25 heavy (non-hydrogen) atoms. The van der Waals surface area contributed by atoms with Crippen molar-refractivity contribution < 1.29 is 4.74 Å². The van der Waals surface area contributed by atoms with Crippen molar-refractivity contribution in [2.45, 2.75) is 25.4 Å². The van der Waals surface area contributed by atoms with Gasteiger partial charge in [0.05, 0.1) is 19.2 Å². The number of nitrogens with one attached hydrogen (secondary N) is 1. The molecule has 4 rings (SSSR count). The lowest BCUT2D eigenvalue weighted by Gasteiger charge is -2.31. The zero-order valence-electron chi connectivity index (χ0n) is 14.3. The van der Waals surface area contributed by atoms with Gasteiger partial charge in [0.1, 0.15) is 5.75 Å². The van der Waals surface area contributed by atoms with Crippen molar-refractivity contribution in [1.29, 1.82) is 0 Å². The van der Waals surface area contributed by atoms with E-state index in [-0.39, 0.29) is 18.0 Å². The first-order valence-corrected chi connectivity index (χ1v) is 8.33. The molecular weight excluding hydrogens is 314 g/mol. The second kappa shape index (κ2) is 6.12. The zero-order valence-corrected chi connectivity index (χ0v) is 14.3. The van der Waals surface area contributed by atoms with E-state index in [1.54, 1.807) is 7.11 Å². The molecule has 2 heterocycles. The molecule has 6 nitrogen and oxygen atoms in total. The third kappa shape index (κ3) is 2.91. The van der Waals surface area contributed by atoms with Crippen LogP contribution in [-0.4, -0.2) is 21.9 Å². The van der Waals surface area contributed by atoms with E-state index >= 15 is 0 Å². The molecule has 1 aliphatic heterocycles. The molecule has 0 saturated carbocycles.